The van der Waals surface area contributed by atoms with Gasteiger partial charge in [-0.1, -0.05) is 0 Å². The molecule has 8 heteroatoms. The van der Waals surface area contributed by atoms with E-state index in [0.29, 0.717) is 31.5 Å². The molecule has 2 rings (SSSR count). The zero-order chi connectivity index (χ0) is 14.6. The number of aromatic nitrogens is 3. The Bertz CT molecular complexity index is 448. The van der Waals surface area contributed by atoms with Crippen molar-refractivity contribution in [1.29, 1.82) is 0 Å². The van der Waals surface area contributed by atoms with E-state index in [0.717, 1.165) is 13.1 Å². The Kier molecular flexibility index (Phi) is 4.56. The van der Waals surface area contributed by atoms with E-state index in [1.54, 1.807) is 0 Å². The third-order valence-corrected chi connectivity index (χ3v) is 3.12. The van der Waals surface area contributed by atoms with Crippen LogP contribution in [0.15, 0.2) is 0 Å². The van der Waals surface area contributed by atoms with Crippen molar-refractivity contribution in [3.05, 3.63) is 0 Å². The highest BCUT2D eigenvalue weighted by Crippen LogP contribution is 2.18. The van der Waals surface area contributed by atoms with Crippen LogP contribution in [0.3, 0.4) is 0 Å². The van der Waals surface area contributed by atoms with Crippen LogP contribution >= 0.6 is 0 Å². The largest absolute Gasteiger partial charge is 0.396 e. The van der Waals surface area contributed by atoms with Crippen LogP contribution in [0.4, 0.5) is 17.8 Å². The molecule has 0 aliphatic carbocycles. The predicted octanol–water partition coefficient (Wildman–Crippen LogP) is -0.137. The molecule has 0 amide bonds. The number of morpholine rings is 1. The van der Waals surface area contributed by atoms with E-state index >= 15 is 0 Å². The summed E-state index contributed by atoms with van der Waals surface area (Å²) in [6.07, 6.45) is 0.589. The number of ether oxygens (including phenoxy) is 1. The number of rotatable bonds is 5. The molecule has 8 nitrogen and oxygen atoms in total. The summed E-state index contributed by atoms with van der Waals surface area (Å²) in [6, 6.07) is 0. The monoisotopic (exact) mass is 282 g/mol. The van der Waals surface area contributed by atoms with Gasteiger partial charge in [-0.3, -0.25) is 0 Å². The van der Waals surface area contributed by atoms with Gasteiger partial charge >= 0.3 is 0 Å². The van der Waals surface area contributed by atoms with Crippen molar-refractivity contribution in [2.75, 3.05) is 48.9 Å². The van der Waals surface area contributed by atoms with Crippen LogP contribution in [0.5, 0.6) is 0 Å². The van der Waals surface area contributed by atoms with Crippen molar-refractivity contribution in [2.45, 2.75) is 25.8 Å². The van der Waals surface area contributed by atoms with Gasteiger partial charge in [-0.25, -0.2) is 0 Å². The Morgan fingerprint density at radius 3 is 2.65 bits per heavy atom. The second-order valence-corrected chi connectivity index (χ2v) is 5.40. The lowest BCUT2D eigenvalue weighted by Gasteiger charge is -2.28. The topological polar surface area (TPSA) is 109 Å². The van der Waals surface area contributed by atoms with Gasteiger partial charge in [0.2, 0.25) is 17.8 Å². The number of aliphatic hydroxyl groups excluding tert-OH is 1. The number of hydrogen-bond donors (Lipinski definition) is 3. The van der Waals surface area contributed by atoms with E-state index in [1.807, 2.05) is 18.7 Å². The minimum Gasteiger partial charge on any atom is -0.396 e. The molecule has 1 aromatic rings. The average molecular weight is 282 g/mol. The van der Waals surface area contributed by atoms with Gasteiger partial charge in [0.15, 0.2) is 0 Å². The Morgan fingerprint density at radius 2 is 2.00 bits per heavy atom. The molecule has 0 unspecified atom stereocenters. The number of nitrogens with two attached hydrogens (primary N) is 1. The van der Waals surface area contributed by atoms with Crippen molar-refractivity contribution in [3.63, 3.8) is 0 Å². The third-order valence-electron chi connectivity index (χ3n) is 3.12. The lowest BCUT2D eigenvalue weighted by atomic mass is 10.0. The van der Waals surface area contributed by atoms with Crippen molar-refractivity contribution >= 4 is 17.8 Å². The molecule has 0 radical (unpaired) electrons. The molecule has 0 saturated carbocycles. The van der Waals surface area contributed by atoms with Crippen LogP contribution < -0.4 is 16.0 Å². The minimum atomic E-state index is -0.315. The van der Waals surface area contributed by atoms with Gasteiger partial charge in [-0.05, 0) is 20.3 Å². The second-order valence-electron chi connectivity index (χ2n) is 5.40. The first kappa shape index (κ1) is 14.7. The molecule has 4 N–H and O–H groups in total. The van der Waals surface area contributed by atoms with Gasteiger partial charge in [-0.2, -0.15) is 15.0 Å². The number of anilines is 3. The number of hydrogen-bond acceptors (Lipinski definition) is 8. The molecule has 20 heavy (non-hydrogen) atoms. The highest BCUT2D eigenvalue weighted by Gasteiger charge is 2.20. The Labute approximate surface area is 118 Å². The fourth-order valence-electron chi connectivity index (χ4n) is 1.99. The molecule has 1 aliphatic heterocycles. The van der Waals surface area contributed by atoms with Gasteiger partial charge < -0.3 is 25.8 Å². The summed E-state index contributed by atoms with van der Waals surface area (Å²) >= 11 is 0. The summed E-state index contributed by atoms with van der Waals surface area (Å²) in [5.74, 6) is 1.17. The van der Waals surface area contributed by atoms with Crippen molar-refractivity contribution in [2.24, 2.45) is 0 Å². The quantitative estimate of drug-likeness (QED) is 0.685. The zero-order valence-corrected chi connectivity index (χ0v) is 12.0. The molecular weight excluding hydrogens is 260 g/mol. The SMILES string of the molecule is CC(C)(CCO)Nc1nc(N)nc(N2CCOCC2)n1. The number of nitrogens with one attached hydrogen (secondary N) is 1. The molecule has 1 saturated heterocycles. The van der Waals surface area contributed by atoms with Gasteiger partial charge in [0, 0.05) is 25.2 Å². The second kappa shape index (κ2) is 6.19. The first-order valence-corrected chi connectivity index (χ1v) is 6.73. The maximum atomic E-state index is 9.05. The molecule has 0 atom stereocenters. The average Bonchev–Trinajstić information content (AvgIpc) is 2.38. The maximum absolute atomic E-state index is 9.05. The van der Waals surface area contributed by atoms with E-state index in [2.05, 4.69) is 20.3 Å². The van der Waals surface area contributed by atoms with E-state index in [1.165, 1.54) is 0 Å². The standard InChI is InChI=1S/C12H22N6O2/c1-12(2,3-6-19)17-10-14-9(13)15-11(16-10)18-4-7-20-8-5-18/h19H,3-8H2,1-2H3,(H3,13,14,15,16,17). The Hall–Kier alpha value is -1.67. The number of nitrogens with zero attached hydrogens (tertiary/aromatic N) is 4. The minimum absolute atomic E-state index is 0.0941. The Balaban J connectivity index is 2.15. The first-order chi connectivity index (χ1) is 9.50. The van der Waals surface area contributed by atoms with Crippen LogP contribution in [0.25, 0.3) is 0 Å². The van der Waals surface area contributed by atoms with Crippen LogP contribution in [0, 0.1) is 0 Å². The van der Waals surface area contributed by atoms with Crippen LogP contribution in [0.1, 0.15) is 20.3 Å². The summed E-state index contributed by atoms with van der Waals surface area (Å²) in [5.41, 5.74) is 5.43. The number of nitrogen functional groups attached to an aromatic ring is 1. The van der Waals surface area contributed by atoms with E-state index in [-0.39, 0.29) is 18.1 Å². The Morgan fingerprint density at radius 1 is 1.30 bits per heavy atom. The highest BCUT2D eigenvalue weighted by molar-refractivity contribution is 5.43. The summed E-state index contributed by atoms with van der Waals surface area (Å²) < 4.78 is 5.31. The van der Waals surface area contributed by atoms with E-state index < -0.39 is 0 Å². The van der Waals surface area contributed by atoms with E-state index in [4.69, 9.17) is 15.6 Å². The summed E-state index contributed by atoms with van der Waals surface area (Å²) in [6.45, 7) is 6.83. The fourth-order valence-corrected chi connectivity index (χ4v) is 1.99. The predicted molar refractivity (Wildman–Crippen MR) is 76.7 cm³/mol. The third kappa shape index (κ3) is 3.91. The summed E-state index contributed by atoms with van der Waals surface area (Å²) in [5, 5.41) is 12.2. The highest BCUT2D eigenvalue weighted by atomic mass is 16.5. The van der Waals surface area contributed by atoms with Crippen molar-refractivity contribution < 1.29 is 9.84 Å². The molecule has 1 aliphatic rings. The molecule has 1 aromatic heterocycles. The molecule has 2 heterocycles. The molecule has 0 aromatic carbocycles. The van der Waals surface area contributed by atoms with Crippen LogP contribution in [-0.2, 0) is 4.74 Å². The van der Waals surface area contributed by atoms with Gasteiger partial charge in [-0.15, -0.1) is 0 Å². The molecule has 1 fully saturated rings. The van der Waals surface area contributed by atoms with Crippen molar-refractivity contribution in [3.8, 4) is 0 Å². The molecule has 112 valence electrons. The summed E-state index contributed by atoms with van der Waals surface area (Å²) in [4.78, 5) is 14.7. The van der Waals surface area contributed by atoms with Crippen molar-refractivity contribution in [1.82, 2.24) is 15.0 Å². The lowest BCUT2D eigenvalue weighted by molar-refractivity contribution is 0.122. The maximum Gasteiger partial charge on any atom is 0.232 e. The number of aliphatic hydroxyl groups is 1. The van der Waals surface area contributed by atoms with E-state index in [9.17, 15) is 0 Å². The normalized spacial score (nSPS) is 16.2. The molecule has 0 spiro atoms. The first-order valence-electron chi connectivity index (χ1n) is 6.73. The molecule has 0 bridgehead atoms. The van der Waals surface area contributed by atoms with Crippen LogP contribution in [-0.4, -0.2) is 58.5 Å². The van der Waals surface area contributed by atoms with Gasteiger partial charge in [0.1, 0.15) is 0 Å². The van der Waals surface area contributed by atoms with Gasteiger partial charge in [0.25, 0.3) is 0 Å². The molecular formula is C12H22N6O2. The summed E-state index contributed by atoms with van der Waals surface area (Å²) in [7, 11) is 0. The smallest absolute Gasteiger partial charge is 0.232 e. The fraction of sp³-hybridized carbons (Fsp3) is 0.750. The lowest BCUT2D eigenvalue weighted by Crippen LogP contribution is -2.38. The zero-order valence-electron chi connectivity index (χ0n) is 12.0. The van der Waals surface area contributed by atoms with Crippen LogP contribution in [0.2, 0.25) is 0 Å². The van der Waals surface area contributed by atoms with Gasteiger partial charge in [0.05, 0.1) is 13.2 Å².